The SMILES string of the molecule is Cc1ccc(CN)cc1OCc1cc(Cl)cc2c1OCC2. The molecule has 3 nitrogen and oxygen atoms in total. The second-order valence-electron chi connectivity index (χ2n) is 5.24. The zero-order valence-electron chi connectivity index (χ0n) is 12.0. The lowest BCUT2D eigenvalue weighted by atomic mass is 10.1. The van der Waals surface area contributed by atoms with E-state index in [-0.39, 0.29) is 0 Å². The maximum atomic E-state index is 6.16. The molecule has 1 aliphatic rings. The van der Waals surface area contributed by atoms with Crippen LogP contribution in [0.15, 0.2) is 30.3 Å². The molecular formula is C17H18ClNO2. The number of rotatable bonds is 4. The molecule has 0 unspecified atom stereocenters. The lowest BCUT2D eigenvalue weighted by Crippen LogP contribution is -2.02. The van der Waals surface area contributed by atoms with Gasteiger partial charge in [-0.05, 0) is 41.8 Å². The van der Waals surface area contributed by atoms with Crippen molar-refractivity contribution in [3.8, 4) is 11.5 Å². The largest absolute Gasteiger partial charge is 0.493 e. The molecule has 0 saturated carbocycles. The van der Waals surface area contributed by atoms with E-state index in [1.165, 1.54) is 0 Å². The predicted molar refractivity (Wildman–Crippen MR) is 84.1 cm³/mol. The Balaban J connectivity index is 1.82. The van der Waals surface area contributed by atoms with Gasteiger partial charge in [0.05, 0.1) is 6.61 Å². The van der Waals surface area contributed by atoms with Crippen molar-refractivity contribution in [1.82, 2.24) is 0 Å². The molecule has 1 heterocycles. The minimum absolute atomic E-state index is 0.442. The van der Waals surface area contributed by atoms with E-state index >= 15 is 0 Å². The first kappa shape index (κ1) is 14.2. The minimum atomic E-state index is 0.442. The summed E-state index contributed by atoms with van der Waals surface area (Å²) in [6.45, 7) is 3.68. The van der Waals surface area contributed by atoms with Gasteiger partial charge in [-0.25, -0.2) is 0 Å². The topological polar surface area (TPSA) is 44.5 Å². The van der Waals surface area contributed by atoms with Gasteiger partial charge in [0.15, 0.2) is 0 Å². The van der Waals surface area contributed by atoms with Gasteiger partial charge < -0.3 is 15.2 Å². The molecule has 0 spiro atoms. The zero-order valence-corrected chi connectivity index (χ0v) is 12.7. The van der Waals surface area contributed by atoms with Crippen LogP contribution in [0, 0.1) is 6.92 Å². The number of ether oxygens (including phenoxy) is 2. The Bertz CT molecular complexity index is 670. The number of fused-ring (bicyclic) bond motifs is 1. The number of nitrogens with two attached hydrogens (primary N) is 1. The third-order valence-electron chi connectivity index (χ3n) is 3.70. The van der Waals surface area contributed by atoms with Crippen LogP contribution in [0.2, 0.25) is 5.02 Å². The Hall–Kier alpha value is -1.71. The first-order valence-corrected chi connectivity index (χ1v) is 7.41. The van der Waals surface area contributed by atoms with E-state index in [0.29, 0.717) is 19.8 Å². The maximum absolute atomic E-state index is 6.16. The lowest BCUT2D eigenvalue weighted by Gasteiger charge is -2.13. The highest BCUT2D eigenvalue weighted by molar-refractivity contribution is 6.30. The van der Waals surface area contributed by atoms with Gasteiger partial charge >= 0.3 is 0 Å². The summed E-state index contributed by atoms with van der Waals surface area (Å²) in [6, 6.07) is 9.90. The molecular weight excluding hydrogens is 286 g/mol. The molecule has 0 atom stereocenters. The van der Waals surface area contributed by atoms with Crippen molar-refractivity contribution in [1.29, 1.82) is 0 Å². The maximum Gasteiger partial charge on any atom is 0.129 e. The Morgan fingerprint density at radius 1 is 1.29 bits per heavy atom. The normalized spacial score (nSPS) is 12.9. The number of hydrogen-bond acceptors (Lipinski definition) is 3. The summed E-state index contributed by atoms with van der Waals surface area (Å²) in [5.41, 5.74) is 9.98. The highest BCUT2D eigenvalue weighted by atomic mass is 35.5. The van der Waals surface area contributed by atoms with Gasteiger partial charge in [0, 0.05) is 23.6 Å². The van der Waals surface area contributed by atoms with Crippen molar-refractivity contribution in [3.05, 3.63) is 57.6 Å². The summed E-state index contributed by atoms with van der Waals surface area (Å²) in [5, 5.41) is 0.727. The summed E-state index contributed by atoms with van der Waals surface area (Å²) in [6.07, 6.45) is 0.907. The van der Waals surface area contributed by atoms with E-state index < -0.39 is 0 Å². The zero-order chi connectivity index (χ0) is 14.8. The van der Waals surface area contributed by atoms with Gasteiger partial charge in [-0.2, -0.15) is 0 Å². The van der Waals surface area contributed by atoms with Crippen molar-refractivity contribution in [2.45, 2.75) is 26.5 Å². The first-order valence-electron chi connectivity index (χ1n) is 7.04. The Kier molecular flexibility index (Phi) is 4.04. The molecule has 2 N–H and O–H groups in total. The van der Waals surface area contributed by atoms with Crippen LogP contribution in [-0.2, 0) is 19.6 Å². The molecule has 3 rings (SSSR count). The molecule has 1 aliphatic heterocycles. The highest BCUT2D eigenvalue weighted by Gasteiger charge is 2.18. The molecule has 2 aromatic rings. The summed E-state index contributed by atoms with van der Waals surface area (Å²) in [4.78, 5) is 0. The highest BCUT2D eigenvalue weighted by Crippen LogP contribution is 2.33. The van der Waals surface area contributed by atoms with Crippen LogP contribution in [0.25, 0.3) is 0 Å². The number of aryl methyl sites for hydroxylation is 1. The summed E-state index contributed by atoms with van der Waals surface area (Å²) in [7, 11) is 0. The van der Waals surface area contributed by atoms with Crippen LogP contribution < -0.4 is 15.2 Å². The average Bonchev–Trinajstić information content (AvgIpc) is 2.94. The Morgan fingerprint density at radius 2 is 2.14 bits per heavy atom. The fourth-order valence-corrected chi connectivity index (χ4v) is 2.80. The minimum Gasteiger partial charge on any atom is -0.493 e. The molecule has 110 valence electrons. The van der Waals surface area contributed by atoms with E-state index in [1.807, 2.05) is 37.3 Å². The molecule has 0 fully saturated rings. The van der Waals surface area contributed by atoms with Crippen molar-refractivity contribution in [3.63, 3.8) is 0 Å². The van der Waals surface area contributed by atoms with Gasteiger partial charge in [-0.15, -0.1) is 0 Å². The van der Waals surface area contributed by atoms with Crippen LogP contribution >= 0.6 is 11.6 Å². The van der Waals surface area contributed by atoms with E-state index in [0.717, 1.165) is 45.2 Å². The molecule has 0 saturated heterocycles. The summed E-state index contributed by atoms with van der Waals surface area (Å²) in [5.74, 6) is 1.77. The van der Waals surface area contributed by atoms with Gasteiger partial charge in [-0.3, -0.25) is 0 Å². The van der Waals surface area contributed by atoms with Crippen LogP contribution in [-0.4, -0.2) is 6.61 Å². The molecule has 0 radical (unpaired) electrons. The van der Waals surface area contributed by atoms with Crippen molar-refractivity contribution in [2.24, 2.45) is 5.73 Å². The van der Waals surface area contributed by atoms with Crippen LogP contribution in [0.3, 0.4) is 0 Å². The van der Waals surface area contributed by atoms with Crippen LogP contribution in [0.4, 0.5) is 0 Å². The Morgan fingerprint density at radius 3 is 2.95 bits per heavy atom. The summed E-state index contributed by atoms with van der Waals surface area (Å²) >= 11 is 6.16. The van der Waals surface area contributed by atoms with Gasteiger partial charge in [0.1, 0.15) is 18.1 Å². The molecule has 0 aromatic heterocycles. The number of benzene rings is 2. The van der Waals surface area contributed by atoms with Gasteiger partial charge in [-0.1, -0.05) is 23.7 Å². The first-order chi connectivity index (χ1) is 10.2. The Labute approximate surface area is 129 Å². The molecule has 0 bridgehead atoms. The second-order valence-corrected chi connectivity index (χ2v) is 5.68. The van der Waals surface area contributed by atoms with Crippen LogP contribution in [0.1, 0.15) is 22.3 Å². The standard InChI is InChI=1S/C17H18ClNO2/c1-11-2-3-12(9-19)6-16(11)21-10-14-8-15(18)7-13-4-5-20-17(13)14/h2-3,6-8H,4-5,9-10,19H2,1H3. The monoisotopic (exact) mass is 303 g/mol. The number of hydrogen-bond donors (Lipinski definition) is 1. The van der Waals surface area contributed by atoms with Crippen molar-refractivity contribution < 1.29 is 9.47 Å². The average molecular weight is 304 g/mol. The predicted octanol–water partition coefficient (Wildman–Crippen LogP) is 3.62. The fourth-order valence-electron chi connectivity index (χ4n) is 2.54. The molecule has 4 heteroatoms. The molecule has 21 heavy (non-hydrogen) atoms. The smallest absolute Gasteiger partial charge is 0.129 e. The van der Waals surface area contributed by atoms with Crippen molar-refractivity contribution >= 4 is 11.6 Å². The fraction of sp³-hybridized carbons (Fsp3) is 0.294. The van der Waals surface area contributed by atoms with E-state index in [9.17, 15) is 0 Å². The summed E-state index contributed by atoms with van der Waals surface area (Å²) < 4.78 is 11.6. The van der Waals surface area contributed by atoms with E-state index in [2.05, 4.69) is 0 Å². The van der Waals surface area contributed by atoms with Crippen LogP contribution in [0.5, 0.6) is 11.5 Å². The van der Waals surface area contributed by atoms with E-state index in [4.69, 9.17) is 26.8 Å². The third kappa shape index (κ3) is 2.99. The van der Waals surface area contributed by atoms with Gasteiger partial charge in [0.25, 0.3) is 0 Å². The molecule has 2 aromatic carbocycles. The van der Waals surface area contributed by atoms with E-state index in [1.54, 1.807) is 0 Å². The quantitative estimate of drug-likeness (QED) is 0.938. The number of halogens is 1. The van der Waals surface area contributed by atoms with Gasteiger partial charge in [0.2, 0.25) is 0 Å². The lowest BCUT2D eigenvalue weighted by molar-refractivity contribution is 0.290. The van der Waals surface area contributed by atoms with Crippen molar-refractivity contribution in [2.75, 3.05) is 6.61 Å². The molecule has 0 aliphatic carbocycles. The third-order valence-corrected chi connectivity index (χ3v) is 3.91. The molecule has 0 amide bonds. The second kappa shape index (κ2) is 5.96.